The van der Waals surface area contributed by atoms with E-state index in [1.165, 1.54) is 0 Å². The Labute approximate surface area is 125 Å². The zero-order chi connectivity index (χ0) is 12.6. The van der Waals surface area contributed by atoms with Crippen molar-refractivity contribution in [1.82, 2.24) is 0 Å². The van der Waals surface area contributed by atoms with Crippen molar-refractivity contribution in [2.45, 2.75) is 6.42 Å². The largest absolute Gasteiger partial charge is 0.397 e. The Bertz CT molecular complexity index is 464. The highest BCUT2D eigenvalue weighted by molar-refractivity contribution is 9.13. The molecule has 1 unspecified atom stereocenters. The van der Waals surface area contributed by atoms with E-state index in [0.717, 1.165) is 26.5 Å². The van der Waals surface area contributed by atoms with Crippen molar-refractivity contribution >= 4 is 65.1 Å². The molecule has 1 aliphatic heterocycles. The number of carbonyl (C=O) groups excluding carboxylic acids is 1. The van der Waals surface area contributed by atoms with Crippen LogP contribution < -0.4 is 10.6 Å². The lowest BCUT2D eigenvalue weighted by Crippen LogP contribution is -2.25. The maximum absolute atomic E-state index is 11.9. The topological polar surface area (TPSA) is 46.3 Å². The van der Waals surface area contributed by atoms with E-state index in [0.29, 0.717) is 18.0 Å². The van der Waals surface area contributed by atoms with Crippen LogP contribution >= 0.6 is 47.8 Å². The monoisotopic (exact) mass is 424 g/mol. The molecule has 2 rings (SSSR count). The molecule has 17 heavy (non-hydrogen) atoms. The number of benzene rings is 1. The molecule has 1 aromatic carbocycles. The SMILES string of the molecule is Nc1cc(Br)c(Br)cc1N1CC(CBr)CC1=O. The van der Waals surface area contributed by atoms with Crippen molar-refractivity contribution in [3.8, 4) is 0 Å². The Kier molecular flexibility index (Phi) is 4.15. The van der Waals surface area contributed by atoms with Crippen LogP contribution in [0.5, 0.6) is 0 Å². The highest BCUT2D eigenvalue weighted by Gasteiger charge is 2.31. The lowest BCUT2D eigenvalue weighted by Gasteiger charge is -2.19. The van der Waals surface area contributed by atoms with E-state index in [4.69, 9.17) is 5.73 Å². The number of hydrogen-bond acceptors (Lipinski definition) is 2. The van der Waals surface area contributed by atoms with E-state index in [2.05, 4.69) is 47.8 Å². The van der Waals surface area contributed by atoms with Gasteiger partial charge in [0.1, 0.15) is 0 Å². The molecule has 2 N–H and O–H groups in total. The summed E-state index contributed by atoms with van der Waals surface area (Å²) in [6.45, 7) is 0.725. The summed E-state index contributed by atoms with van der Waals surface area (Å²) in [7, 11) is 0. The first kappa shape index (κ1) is 13.4. The first-order valence-corrected chi connectivity index (χ1v) is 7.84. The second kappa shape index (κ2) is 5.28. The van der Waals surface area contributed by atoms with E-state index >= 15 is 0 Å². The quantitative estimate of drug-likeness (QED) is 0.580. The van der Waals surface area contributed by atoms with E-state index in [1.807, 2.05) is 12.1 Å². The van der Waals surface area contributed by atoms with Gasteiger partial charge in [-0.25, -0.2) is 0 Å². The van der Waals surface area contributed by atoms with Gasteiger partial charge >= 0.3 is 0 Å². The van der Waals surface area contributed by atoms with Gasteiger partial charge in [-0.05, 0) is 49.9 Å². The molecule has 0 saturated carbocycles. The Hall–Kier alpha value is -0.0700. The molecule has 1 atom stereocenters. The summed E-state index contributed by atoms with van der Waals surface area (Å²) < 4.78 is 1.79. The fraction of sp³-hybridized carbons (Fsp3) is 0.364. The maximum atomic E-state index is 11.9. The number of amides is 1. The van der Waals surface area contributed by atoms with E-state index < -0.39 is 0 Å². The molecule has 0 radical (unpaired) electrons. The van der Waals surface area contributed by atoms with Crippen LogP contribution in [0.25, 0.3) is 0 Å². The van der Waals surface area contributed by atoms with Gasteiger partial charge in [0.15, 0.2) is 0 Å². The second-order valence-corrected chi connectivity index (χ2v) is 6.41. The Morgan fingerprint density at radius 2 is 2.00 bits per heavy atom. The number of nitrogens with two attached hydrogens (primary N) is 1. The van der Waals surface area contributed by atoms with Gasteiger partial charge < -0.3 is 10.6 Å². The van der Waals surface area contributed by atoms with Gasteiger partial charge in [-0.1, -0.05) is 15.9 Å². The highest BCUT2D eigenvalue weighted by Crippen LogP contribution is 2.36. The fourth-order valence-corrected chi connectivity index (χ4v) is 3.03. The standard InChI is InChI=1S/C11H11Br3N2O/c12-4-6-1-11(17)16(5-6)10-3-8(14)7(13)2-9(10)15/h2-3,6H,1,4-5,15H2. The molecule has 1 aliphatic rings. The molecule has 1 amide bonds. The normalized spacial score (nSPS) is 20.1. The lowest BCUT2D eigenvalue weighted by molar-refractivity contribution is -0.117. The molecule has 1 fully saturated rings. The molecule has 0 bridgehead atoms. The lowest BCUT2D eigenvalue weighted by atomic mass is 10.2. The van der Waals surface area contributed by atoms with Gasteiger partial charge in [0.25, 0.3) is 0 Å². The summed E-state index contributed by atoms with van der Waals surface area (Å²) in [5.74, 6) is 0.500. The molecule has 0 aromatic heterocycles. The number of hydrogen-bond donors (Lipinski definition) is 1. The molecular weight excluding hydrogens is 416 g/mol. The van der Waals surface area contributed by atoms with Crippen LogP contribution in [0.4, 0.5) is 11.4 Å². The molecule has 1 saturated heterocycles. The number of anilines is 2. The van der Waals surface area contributed by atoms with Crippen LogP contribution in [0.1, 0.15) is 6.42 Å². The summed E-state index contributed by atoms with van der Waals surface area (Å²) in [5.41, 5.74) is 7.36. The van der Waals surface area contributed by atoms with E-state index in [1.54, 1.807) is 4.90 Å². The van der Waals surface area contributed by atoms with Gasteiger partial charge in [-0.2, -0.15) is 0 Å². The third kappa shape index (κ3) is 2.69. The van der Waals surface area contributed by atoms with Gasteiger partial charge in [-0.3, -0.25) is 4.79 Å². The van der Waals surface area contributed by atoms with Crippen LogP contribution in [0, 0.1) is 5.92 Å². The van der Waals surface area contributed by atoms with Gasteiger partial charge in [-0.15, -0.1) is 0 Å². The van der Waals surface area contributed by atoms with E-state index in [-0.39, 0.29) is 5.91 Å². The first-order chi connectivity index (χ1) is 8.02. The third-order valence-corrected chi connectivity index (χ3v) is 5.54. The number of alkyl halides is 1. The van der Waals surface area contributed by atoms with Crippen LogP contribution in [0.15, 0.2) is 21.1 Å². The Morgan fingerprint density at radius 3 is 2.59 bits per heavy atom. The molecule has 1 heterocycles. The highest BCUT2D eigenvalue weighted by atomic mass is 79.9. The molecule has 0 spiro atoms. The molecule has 3 nitrogen and oxygen atoms in total. The average Bonchev–Trinajstić information content (AvgIpc) is 2.65. The molecule has 1 aromatic rings. The predicted molar refractivity (Wildman–Crippen MR) is 80.5 cm³/mol. The van der Waals surface area contributed by atoms with Crippen molar-refractivity contribution in [1.29, 1.82) is 0 Å². The zero-order valence-electron chi connectivity index (χ0n) is 8.92. The van der Waals surface area contributed by atoms with Crippen LogP contribution in [-0.4, -0.2) is 17.8 Å². The van der Waals surface area contributed by atoms with Crippen LogP contribution in [-0.2, 0) is 4.79 Å². The van der Waals surface area contributed by atoms with Crippen molar-refractivity contribution in [3.63, 3.8) is 0 Å². The minimum absolute atomic E-state index is 0.135. The molecular formula is C11H11Br3N2O. The summed E-state index contributed by atoms with van der Waals surface area (Å²) in [6.07, 6.45) is 0.582. The number of rotatable bonds is 2. The zero-order valence-corrected chi connectivity index (χ0v) is 13.7. The van der Waals surface area contributed by atoms with Gasteiger partial charge in [0, 0.05) is 27.2 Å². The number of halogens is 3. The van der Waals surface area contributed by atoms with Crippen molar-refractivity contribution in [2.24, 2.45) is 5.92 Å². The Balaban J connectivity index is 2.35. The minimum atomic E-state index is 0.135. The minimum Gasteiger partial charge on any atom is -0.397 e. The molecule has 0 aliphatic carbocycles. The summed E-state index contributed by atoms with van der Waals surface area (Å²) in [6, 6.07) is 3.70. The van der Waals surface area contributed by atoms with Gasteiger partial charge in [0.05, 0.1) is 11.4 Å². The summed E-state index contributed by atoms with van der Waals surface area (Å²) >= 11 is 10.2. The second-order valence-electron chi connectivity index (χ2n) is 4.05. The van der Waals surface area contributed by atoms with Crippen molar-refractivity contribution < 1.29 is 4.79 Å². The van der Waals surface area contributed by atoms with Crippen LogP contribution in [0.2, 0.25) is 0 Å². The molecule has 92 valence electrons. The first-order valence-electron chi connectivity index (χ1n) is 5.13. The average molecular weight is 427 g/mol. The predicted octanol–water partition coefficient (Wildman–Crippen LogP) is 3.54. The summed E-state index contributed by atoms with van der Waals surface area (Å²) in [5, 5.41) is 0.840. The number of nitrogen functional groups attached to an aromatic ring is 1. The fourth-order valence-electron chi connectivity index (χ4n) is 1.90. The number of carbonyl (C=O) groups is 1. The van der Waals surface area contributed by atoms with Crippen molar-refractivity contribution in [2.75, 3.05) is 22.5 Å². The van der Waals surface area contributed by atoms with E-state index in [9.17, 15) is 4.79 Å². The smallest absolute Gasteiger partial charge is 0.227 e. The Morgan fingerprint density at radius 1 is 1.35 bits per heavy atom. The number of nitrogens with zero attached hydrogens (tertiary/aromatic N) is 1. The third-order valence-electron chi connectivity index (χ3n) is 2.78. The van der Waals surface area contributed by atoms with Crippen LogP contribution in [0.3, 0.4) is 0 Å². The van der Waals surface area contributed by atoms with Gasteiger partial charge in [0.2, 0.25) is 5.91 Å². The molecule has 6 heteroatoms. The maximum Gasteiger partial charge on any atom is 0.227 e. The van der Waals surface area contributed by atoms with Crippen molar-refractivity contribution in [3.05, 3.63) is 21.1 Å². The summed E-state index contributed by atoms with van der Waals surface area (Å²) in [4.78, 5) is 13.7.